The van der Waals surface area contributed by atoms with E-state index in [9.17, 15) is 13.0 Å². The Hall–Kier alpha value is -2.44. The van der Waals surface area contributed by atoms with E-state index in [4.69, 9.17) is 4.55 Å². The van der Waals surface area contributed by atoms with E-state index >= 15 is 0 Å². The van der Waals surface area contributed by atoms with Gasteiger partial charge in [-0.2, -0.15) is 0 Å². The van der Waals surface area contributed by atoms with Crippen molar-refractivity contribution in [2.45, 2.75) is 5.75 Å². The number of benzene rings is 2. The molecule has 0 aliphatic carbocycles. The number of hydrogen-bond acceptors (Lipinski definition) is 2. The van der Waals surface area contributed by atoms with Crippen LogP contribution >= 0.6 is 0 Å². The van der Waals surface area contributed by atoms with Crippen molar-refractivity contribution in [3.8, 4) is 22.4 Å². The zero-order valence-electron chi connectivity index (χ0n) is 12.4. The lowest BCUT2D eigenvalue weighted by Crippen LogP contribution is -1.98. The molecule has 1 heterocycles. The number of halogens is 2. The highest BCUT2D eigenvalue weighted by Crippen LogP contribution is 2.31. The Bertz CT molecular complexity index is 915. The Morgan fingerprint density at radius 3 is 2.54 bits per heavy atom. The number of aromatic nitrogens is 1. The van der Waals surface area contributed by atoms with Gasteiger partial charge in [-0.15, -0.1) is 0 Å². The second kappa shape index (κ2) is 6.98. The van der Waals surface area contributed by atoms with E-state index in [0.29, 0.717) is 22.4 Å². The Balaban J connectivity index is 2.08. The molecule has 0 amide bonds. The van der Waals surface area contributed by atoms with E-state index in [1.807, 2.05) is 0 Å². The van der Waals surface area contributed by atoms with Gasteiger partial charge in [0.2, 0.25) is 0 Å². The summed E-state index contributed by atoms with van der Waals surface area (Å²) in [6, 6.07) is 14.0. The lowest BCUT2D eigenvalue weighted by atomic mass is 9.98. The molecule has 1 N–H and O–H groups in total. The Morgan fingerprint density at radius 2 is 1.83 bits per heavy atom. The van der Waals surface area contributed by atoms with E-state index in [1.165, 1.54) is 24.3 Å². The average Bonchev–Trinajstić information content (AvgIpc) is 2.56. The Kier molecular flexibility index (Phi) is 4.78. The molecule has 0 bridgehead atoms. The van der Waals surface area contributed by atoms with Crippen molar-refractivity contribution in [3.63, 3.8) is 0 Å². The molecule has 1 aromatic heterocycles. The third-order valence-electron chi connectivity index (χ3n) is 3.55. The van der Waals surface area contributed by atoms with Gasteiger partial charge in [0.25, 0.3) is 0 Å². The van der Waals surface area contributed by atoms with Gasteiger partial charge < -0.3 is 4.55 Å². The average molecular weight is 345 g/mol. The largest absolute Gasteiger partial charge is 0.306 e. The van der Waals surface area contributed by atoms with E-state index in [0.717, 1.165) is 0 Å². The van der Waals surface area contributed by atoms with Crippen molar-refractivity contribution < 1.29 is 17.5 Å². The molecule has 122 valence electrons. The summed E-state index contributed by atoms with van der Waals surface area (Å²) >= 11 is -2.11. The Labute approximate surface area is 140 Å². The maximum absolute atomic E-state index is 14.2. The fourth-order valence-electron chi connectivity index (χ4n) is 2.47. The van der Waals surface area contributed by atoms with Crippen LogP contribution < -0.4 is 0 Å². The van der Waals surface area contributed by atoms with Crippen molar-refractivity contribution in [1.29, 1.82) is 0 Å². The monoisotopic (exact) mass is 345 g/mol. The maximum atomic E-state index is 14.2. The highest BCUT2D eigenvalue weighted by molar-refractivity contribution is 7.78. The molecule has 0 aliphatic rings. The van der Waals surface area contributed by atoms with Gasteiger partial charge >= 0.3 is 0 Å². The summed E-state index contributed by atoms with van der Waals surface area (Å²) in [5.74, 6) is -1.22. The normalized spacial score (nSPS) is 12.1. The van der Waals surface area contributed by atoms with Crippen LogP contribution in [0, 0.1) is 11.6 Å². The predicted molar refractivity (Wildman–Crippen MR) is 89.5 cm³/mol. The molecule has 3 rings (SSSR count). The van der Waals surface area contributed by atoms with Crippen LogP contribution in [-0.2, 0) is 16.8 Å². The minimum atomic E-state index is -2.11. The van der Waals surface area contributed by atoms with Gasteiger partial charge in [-0.3, -0.25) is 4.98 Å². The Morgan fingerprint density at radius 1 is 1.00 bits per heavy atom. The number of nitrogens with zero attached hydrogens (tertiary/aromatic N) is 1. The highest BCUT2D eigenvalue weighted by atomic mass is 32.2. The molecule has 1 unspecified atom stereocenters. The summed E-state index contributed by atoms with van der Waals surface area (Å²) in [6.45, 7) is 0. The molecule has 2 aromatic carbocycles. The van der Waals surface area contributed by atoms with Crippen molar-refractivity contribution in [2.75, 3.05) is 0 Å². The van der Waals surface area contributed by atoms with Crippen LogP contribution in [0.4, 0.5) is 8.78 Å². The van der Waals surface area contributed by atoms with Gasteiger partial charge in [0.05, 0.1) is 11.4 Å². The maximum Gasteiger partial charge on any atom is 0.157 e. The van der Waals surface area contributed by atoms with Crippen LogP contribution in [0.5, 0.6) is 0 Å². The summed E-state index contributed by atoms with van der Waals surface area (Å²) < 4.78 is 47.4. The molecule has 6 heteroatoms. The molecule has 0 aliphatic heterocycles. The zero-order chi connectivity index (χ0) is 17.1. The molecule has 24 heavy (non-hydrogen) atoms. The van der Waals surface area contributed by atoms with Gasteiger partial charge in [-0.1, -0.05) is 30.3 Å². The topological polar surface area (TPSA) is 50.2 Å². The molecule has 0 fully saturated rings. The summed E-state index contributed by atoms with van der Waals surface area (Å²) in [7, 11) is 0. The standard InChI is InChI=1S/C18H13F2NO2S/c19-15-4-1-3-12(9-15)16-5-2-8-21-18(16)13-6-7-14(11-24(22)23)17(20)10-13/h1-10H,11H2,(H,22,23). The van der Waals surface area contributed by atoms with Gasteiger partial charge in [-0.25, -0.2) is 13.0 Å². The SMILES string of the molecule is O=S(O)Cc1ccc(-c2ncccc2-c2cccc(F)c2)cc1F. The summed E-state index contributed by atoms with van der Waals surface area (Å²) in [6.07, 6.45) is 1.58. The van der Waals surface area contributed by atoms with Crippen LogP contribution in [0.25, 0.3) is 22.4 Å². The van der Waals surface area contributed by atoms with Gasteiger partial charge in [0.1, 0.15) is 11.6 Å². The predicted octanol–water partition coefficient (Wildman–Crippen LogP) is 4.42. The van der Waals surface area contributed by atoms with E-state index < -0.39 is 16.9 Å². The van der Waals surface area contributed by atoms with E-state index in [1.54, 1.807) is 36.5 Å². The second-order valence-electron chi connectivity index (χ2n) is 5.18. The molecule has 0 radical (unpaired) electrons. The fraction of sp³-hybridized carbons (Fsp3) is 0.0556. The van der Waals surface area contributed by atoms with E-state index in [2.05, 4.69) is 4.98 Å². The molecule has 0 saturated carbocycles. The second-order valence-corrected chi connectivity index (χ2v) is 6.11. The minimum absolute atomic E-state index is 0.155. The van der Waals surface area contributed by atoms with E-state index in [-0.39, 0.29) is 17.1 Å². The minimum Gasteiger partial charge on any atom is -0.306 e. The third-order valence-corrected chi connectivity index (χ3v) is 4.11. The van der Waals surface area contributed by atoms with Crippen molar-refractivity contribution >= 4 is 11.1 Å². The molecule has 0 saturated heterocycles. The zero-order valence-corrected chi connectivity index (χ0v) is 13.3. The number of hydrogen-bond donors (Lipinski definition) is 1. The van der Waals surface area contributed by atoms with Crippen LogP contribution in [-0.4, -0.2) is 13.7 Å². The quantitative estimate of drug-likeness (QED) is 0.712. The third kappa shape index (κ3) is 3.55. The molecule has 0 spiro atoms. The van der Waals surface area contributed by atoms with Gasteiger partial charge in [0, 0.05) is 22.9 Å². The van der Waals surface area contributed by atoms with Crippen LogP contribution in [0.2, 0.25) is 0 Å². The molecule has 3 nitrogen and oxygen atoms in total. The summed E-state index contributed by atoms with van der Waals surface area (Å²) in [4.78, 5) is 4.29. The smallest absolute Gasteiger partial charge is 0.157 e. The number of rotatable bonds is 4. The van der Waals surface area contributed by atoms with Gasteiger partial charge in [-0.05, 0) is 29.8 Å². The van der Waals surface area contributed by atoms with Crippen molar-refractivity contribution in [2.24, 2.45) is 0 Å². The van der Waals surface area contributed by atoms with Gasteiger partial charge in [0.15, 0.2) is 11.1 Å². The number of pyridine rings is 1. The fourth-order valence-corrected chi connectivity index (χ4v) is 2.97. The molecule has 1 atom stereocenters. The highest BCUT2D eigenvalue weighted by Gasteiger charge is 2.12. The van der Waals surface area contributed by atoms with Crippen molar-refractivity contribution in [1.82, 2.24) is 4.98 Å². The van der Waals surface area contributed by atoms with Crippen LogP contribution in [0.3, 0.4) is 0 Å². The first-order valence-corrected chi connectivity index (χ1v) is 8.39. The summed E-state index contributed by atoms with van der Waals surface area (Å²) in [5.41, 5.74) is 2.50. The van der Waals surface area contributed by atoms with Crippen LogP contribution in [0.1, 0.15) is 5.56 Å². The van der Waals surface area contributed by atoms with Crippen LogP contribution in [0.15, 0.2) is 60.8 Å². The lowest BCUT2D eigenvalue weighted by molar-refractivity contribution is 0.559. The first kappa shape index (κ1) is 16.4. The summed E-state index contributed by atoms with van der Waals surface area (Å²) in [5, 5.41) is 0. The lowest BCUT2D eigenvalue weighted by Gasteiger charge is -2.10. The first-order chi connectivity index (χ1) is 11.5. The molecular weight excluding hydrogens is 332 g/mol. The molecular formula is C18H13F2NO2S. The molecule has 3 aromatic rings. The first-order valence-electron chi connectivity index (χ1n) is 7.12. The van der Waals surface area contributed by atoms with Crippen molar-refractivity contribution in [3.05, 3.63) is 78.0 Å².